The van der Waals surface area contributed by atoms with Crippen molar-refractivity contribution < 1.29 is 26.2 Å². The second-order valence-electron chi connectivity index (χ2n) is 2.67. The van der Waals surface area contributed by atoms with Crippen LogP contribution in [0.25, 0.3) is 10.6 Å². The van der Waals surface area contributed by atoms with E-state index < -0.39 is 0 Å². The predicted molar refractivity (Wildman–Crippen MR) is 70.9 cm³/mol. The molecule has 0 heterocycles. The maximum atomic E-state index is 3.97. The molecule has 91 valence electrons. The summed E-state index contributed by atoms with van der Waals surface area (Å²) in [6, 6.07) is 10.0. The molecule has 2 nitrogen and oxygen atoms in total. The Morgan fingerprint density at radius 3 is 1.12 bits per heavy atom. The summed E-state index contributed by atoms with van der Waals surface area (Å²) in [5.74, 6) is 0. The van der Waals surface area contributed by atoms with Gasteiger partial charge in [0, 0.05) is 0 Å². The summed E-state index contributed by atoms with van der Waals surface area (Å²) in [7, 11) is 0. The van der Waals surface area contributed by atoms with Crippen LogP contribution in [0.4, 0.5) is 0 Å². The Bertz CT molecular complexity index is 126. The second-order valence-corrected chi connectivity index (χ2v) is 2.67. The Morgan fingerprint density at radius 1 is 0.750 bits per heavy atom. The van der Waals surface area contributed by atoms with E-state index in [0.29, 0.717) is 0 Å². The van der Waals surface area contributed by atoms with Gasteiger partial charge in [0.25, 0.3) is 0 Å². The van der Waals surface area contributed by atoms with Crippen LogP contribution in [0.5, 0.6) is 0 Å². The van der Waals surface area contributed by atoms with E-state index in [-0.39, 0.29) is 26.2 Å². The minimum Gasteiger partial charge on any atom is -0.663 e. The third-order valence-corrected chi connectivity index (χ3v) is 1.45. The number of hydrogen-bond acceptors (Lipinski definition) is 0. The molecule has 0 aliphatic heterocycles. The van der Waals surface area contributed by atoms with Crippen molar-refractivity contribution in [2.24, 2.45) is 0 Å². The van der Waals surface area contributed by atoms with Gasteiger partial charge in [0.2, 0.25) is 0 Å². The first-order chi connectivity index (χ1) is 7.33. The molecule has 0 unspecified atom stereocenters. The molecule has 0 aliphatic carbocycles. The molecule has 0 atom stereocenters. The molecule has 0 saturated heterocycles. The summed E-state index contributed by atoms with van der Waals surface area (Å²) >= 11 is 0. The van der Waals surface area contributed by atoms with Crippen LogP contribution in [0.2, 0.25) is 0 Å². The normalized spacial score (nSPS) is 7.75. The van der Waals surface area contributed by atoms with Gasteiger partial charge < -0.3 is 10.6 Å². The molecule has 0 aromatic heterocycles. The molecule has 1 radical (unpaired) electrons. The van der Waals surface area contributed by atoms with Gasteiger partial charge in [0.05, 0.1) is 0 Å². The first kappa shape index (κ1) is 21.4. The van der Waals surface area contributed by atoms with Crippen molar-refractivity contribution in [1.29, 1.82) is 0 Å². The van der Waals surface area contributed by atoms with Crippen LogP contribution in [-0.2, 0) is 26.2 Å². The van der Waals surface area contributed by atoms with Gasteiger partial charge in [-0.05, 0) is 0 Å². The van der Waals surface area contributed by atoms with Gasteiger partial charge >= 0.3 is 26.2 Å². The van der Waals surface area contributed by atoms with Gasteiger partial charge in [0.15, 0.2) is 0 Å². The fraction of sp³-hybridized carbons (Fsp3) is 0.615. The number of hydrogen-bond donors (Lipinski definition) is 0. The molecule has 0 amide bonds. The fourth-order valence-corrected chi connectivity index (χ4v) is 0.768. The van der Waals surface area contributed by atoms with Crippen molar-refractivity contribution in [3.63, 3.8) is 0 Å². The Balaban J connectivity index is -0.000000154. The van der Waals surface area contributed by atoms with Gasteiger partial charge in [-0.3, -0.25) is 0 Å². The topological polar surface area (TPSA) is 28.2 Å². The molecule has 16 heavy (non-hydrogen) atoms. The smallest absolute Gasteiger partial charge is 0.663 e. The van der Waals surface area contributed by atoms with Gasteiger partial charge in [0.1, 0.15) is 0 Å². The van der Waals surface area contributed by atoms with E-state index in [0.717, 1.165) is 26.2 Å². The second kappa shape index (κ2) is 24.4. The van der Waals surface area contributed by atoms with Crippen LogP contribution >= 0.6 is 0 Å². The molecule has 1 rings (SSSR count). The fourth-order valence-electron chi connectivity index (χ4n) is 0.768. The van der Waals surface area contributed by atoms with E-state index in [2.05, 4.69) is 10.6 Å². The quantitative estimate of drug-likeness (QED) is 0.746. The van der Waals surface area contributed by atoms with Crippen LogP contribution in [-0.4, -0.2) is 26.2 Å². The van der Waals surface area contributed by atoms with Crippen molar-refractivity contribution in [3.05, 3.63) is 41.0 Å². The molecule has 1 aromatic rings. The van der Waals surface area contributed by atoms with Crippen molar-refractivity contribution in [1.82, 2.24) is 0 Å². The monoisotopic (exact) mass is 299 g/mol. The van der Waals surface area contributed by atoms with Crippen molar-refractivity contribution >= 4 is 0 Å². The van der Waals surface area contributed by atoms with E-state index in [1.54, 1.807) is 0 Å². The molecule has 0 spiro atoms. The third kappa shape index (κ3) is 29.2. The van der Waals surface area contributed by atoms with Gasteiger partial charge in [-0.1, -0.05) is 27.7 Å². The molecular formula is C13H25N2Zr. The van der Waals surface area contributed by atoms with Crippen LogP contribution in [0, 0.1) is 0 Å². The van der Waals surface area contributed by atoms with Crippen LogP contribution in [0.1, 0.15) is 27.7 Å². The maximum Gasteiger partial charge on any atom is 3.00 e. The number of rotatable bonds is 4. The zero-order chi connectivity index (χ0) is 11.8. The molecule has 1 aromatic carbocycles. The maximum absolute atomic E-state index is 3.97. The first-order valence-electron chi connectivity index (χ1n) is 5.76. The van der Waals surface area contributed by atoms with E-state index in [4.69, 9.17) is 0 Å². The molecule has 3 heteroatoms. The van der Waals surface area contributed by atoms with Crippen molar-refractivity contribution in [2.45, 2.75) is 27.7 Å². The molecular weight excluding hydrogens is 275 g/mol. The summed E-state index contributed by atoms with van der Waals surface area (Å²) in [5.41, 5.74) is 0. The zero-order valence-corrected chi connectivity index (χ0v) is 13.6. The number of nitrogens with zero attached hydrogens (tertiary/aromatic N) is 2. The minimum absolute atomic E-state index is 0. The molecule has 0 N–H and O–H groups in total. The van der Waals surface area contributed by atoms with Gasteiger partial charge in [-0.15, -0.1) is 0 Å². The Hall–Kier alpha value is 0.153. The van der Waals surface area contributed by atoms with E-state index in [9.17, 15) is 0 Å². The first-order valence-corrected chi connectivity index (χ1v) is 5.76. The average molecular weight is 301 g/mol. The SMILES string of the molecule is CC[N-]CC.CC[N-]CC.[Zr+3].c1cc[cH-]c1. The predicted octanol–water partition coefficient (Wildman–Crippen LogP) is 4.20. The summed E-state index contributed by atoms with van der Waals surface area (Å²) in [6.07, 6.45) is 0. The summed E-state index contributed by atoms with van der Waals surface area (Å²) < 4.78 is 0. The molecule has 0 saturated carbocycles. The van der Waals surface area contributed by atoms with Crippen LogP contribution in [0.15, 0.2) is 30.3 Å². The Morgan fingerprint density at radius 2 is 1.06 bits per heavy atom. The van der Waals surface area contributed by atoms with E-state index in [1.165, 1.54) is 0 Å². The van der Waals surface area contributed by atoms with E-state index >= 15 is 0 Å². The van der Waals surface area contributed by atoms with Gasteiger partial charge in [-0.25, -0.2) is 12.1 Å². The molecule has 0 aliphatic rings. The molecule has 0 bridgehead atoms. The van der Waals surface area contributed by atoms with Crippen LogP contribution in [0.3, 0.4) is 0 Å². The van der Waals surface area contributed by atoms with Crippen molar-refractivity contribution in [3.8, 4) is 0 Å². The van der Waals surface area contributed by atoms with E-state index in [1.807, 2.05) is 58.0 Å². The Kier molecular flexibility index (Phi) is 32.7. The Labute approximate surface area is 121 Å². The minimum atomic E-state index is 0. The summed E-state index contributed by atoms with van der Waals surface area (Å²) in [6.45, 7) is 12.1. The third-order valence-electron chi connectivity index (χ3n) is 1.45. The average Bonchev–Trinajstić information content (AvgIpc) is 2.79. The van der Waals surface area contributed by atoms with Crippen molar-refractivity contribution in [2.75, 3.05) is 26.2 Å². The summed E-state index contributed by atoms with van der Waals surface area (Å²) in [4.78, 5) is 0. The zero-order valence-electron chi connectivity index (χ0n) is 11.1. The standard InChI is InChI=1S/C5H5.2C4H10N.Zr/c1-2-4-5-3-1;2*1-3-5-4-2;/h1-5H;2*3-4H2,1-2H3;/q3*-1;+3. The largest absolute Gasteiger partial charge is 3.00 e. The van der Waals surface area contributed by atoms with Gasteiger partial charge in [-0.2, -0.15) is 44.4 Å². The summed E-state index contributed by atoms with van der Waals surface area (Å²) in [5, 5.41) is 7.94. The van der Waals surface area contributed by atoms with Crippen LogP contribution < -0.4 is 0 Å². The molecule has 0 fully saturated rings.